The van der Waals surface area contributed by atoms with Gasteiger partial charge >= 0.3 is 5.97 Å². The summed E-state index contributed by atoms with van der Waals surface area (Å²) in [6.07, 6.45) is 2.47. The molecule has 0 saturated carbocycles. The van der Waals surface area contributed by atoms with Crippen molar-refractivity contribution in [3.05, 3.63) is 60.2 Å². The lowest BCUT2D eigenvalue weighted by Gasteiger charge is -2.31. The van der Waals surface area contributed by atoms with Gasteiger partial charge in [-0.2, -0.15) is 0 Å². The lowest BCUT2D eigenvalue weighted by Crippen LogP contribution is -2.42. The van der Waals surface area contributed by atoms with E-state index in [1.54, 1.807) is 11.8 Å². The average molecular weight is 301 g/mol. The number of nitrogens with one attached hydrogen (secondary N) is 1. The van der Waals surface area contributed by atoms with E-state index in [4.69, 9.17) is 0 Å². The molecule has 2 N–H and O–H groups in total. The molecule has 0 fully saturated rings. The Morgan fingerprint density at radius 2 is 1.76 bits per heavy atom. The van der Waals surface area contributed by atoms with Crippen molar-refractivity contribution >= 4 is 23.4 Å². The highest BCUT2D eigenvalue weighted by molar-refractivity contribution is 7.98. The quantitative estimate of drug-likeness (QED) is 0.785. The predicted octanol–water partition coefficient (Wildman–Crippen LogP) is 4.21. The number of thioether (sulfide) groups is 1. The molecule has 4 heteroatoms. The smallest absolute Gasteiger partial charge is 0.334 e. The van der Waals surface area contributed by atoms with Gasteiger partial charge in [-0.3, -0.25) is 0 Å². The maximum absolute atomic E-state index is 11.9. The summed E-state index contributed by atoms with van der Waals surface area (Å²) >= 11 is 1.66. The van der Waals surface area contributed by atoms with E-state index in [2.05, 4.69) is 5.32 Å². The van der Waals surface area contributed by atoms with Crippen molar-refractivity contribution < 1.29 is 9.90 Å². The molecule has 110 valence electrons. The number of benzene rings is 2. The highest BCUT2D eigenvalue weighted by Crippen LogP contribution is 2.31. The van der Waals surface area contributed by atoms with E-state index in [1.807, 2.05) is 67.8 Å². The third-order valence-electron chi connectivity index (χ3n) is 3.61. The molecule has 0 heterocycles. The normalized spacial score (nSPS) is 13.4. The number of aliphatic carboxylic acids is 1. The Bertz CT molecular complexity index is 598. The van der Waals surface area contributed by atoms with E-state index in [0.29, 0.717) is 6.42 Å². The molecule has 0 aliphatic rings. The summed E-state index contributed by atoms with van der Waals surface area (Å²) in [5.74, 6) is -0.870. The first-order chi connectivity index (χ1) is 10.1. The molecule has 0 aliphatic carbocycles. The summed E-state index contributed by atoms with van der Waals surface area (Å²) in [6.45, 7) is 1.88. The maximum atomic E-state index is 11.9. The zero-order valence-electron chi connectivity index (χ0n) is 12.2. The van der Waals surface area contributed by atoms with Crippen LogP contribution in [0.3, 0.4) is 0 Å². The average Bonchev–Trinajstić information content (AvgIpc) is 2.54. The fourth-order valence-corrected chi connectivity index (χ4v) is 2.74. The fourth-order valence-electron chi connectivity index (χ4n) is 2.34. The Hall–Kier alpha value is -1.94. The van der Waals surface area contributed by atoms with E-state index >= 15 is 0 Å². The molecular formula is C17H19NO2S. The molecule has 0 bridgehead atoms. The lowest BCUT2D eigenvalue weighted by molar-refractivity contribution is -0.142. The lowest BCUT2D eigenvalue weighted by atomic mass is 9.87. The third-order valence-corrected chi connectivity index (χ3v) is 4.35. The number of carbonyl (C=O) groups is 1. The van der Waals surface area contributed by atoms with Crippen LogP contribution in [0.5, 0.6) is 0 Å². The van der Waals surface area contributed by atoms with E-state index in [9.17, 15) is 9.90 Å². The van der Waals surface area contributed by atoms with Gasteiger partial charge in [0.15, 0.2) is 5.54 Å². The molecule has 0 aliphatic heterocycles. The summed E-state index contributed by atoms with van der Waals surface area (Å²) < 4.78 is 0. The first-order valence-electron chi connectivity index (χ1n) is 6.83. The van der Waals surface area contributed by atoms with Crippen molar-refractivity contribution in [2.75, 3.05) is 11.6 Å². The molecule has 2 rings (SSSR count). The molecule has 0 amide bonds. The van der Waals surface area contributed by atoms with Crippen molar-refractivity contribution in [2.24, 2.45) is 0 Å². The summed E-state index contributed by atoms with van der Waals surface area (Å²) in [6, 6.07) is 17.1. The minimum absolute atomic E-state index is 0.455. The van der Waals surface area contributed by atoms with Gasteiger partial charge < -0.3 is 10.4 Å². The van der Waals surface area contributed by atoms with Gasteiger partial charge in [0.1, 0.15) is 0 Å². The monoisotopic (exact) mass is 301 g/mol. The zero-order chi connectivity index (χ0) is 15.3. The van der Waals surface area contributed by atoms with Crippen LogP contribution in [-0.2, 0) is 10.3 Å². The summed E-state index contributed by atoms with van der Waals surface area (Å²) in [5, 5.41) is 13.0. The minimum atomic E-state index is -1.11. The minimum Gasteiger partial charge on any atom is -0.479 e. The van der Waals surface area contributed by atoms with Gasteiger partial charge in [0.2, 0.25) is 0 Å². The molecule has 0 aromatic heterocycles. The maximum Gasteiger partial charge on any atom is 0.334 e. The van der Waals surface area contributed by atoms with Crippen LogP contribution in [0.4, 0.5) is 5.69 Å². The van der Waals surface area contributed by atoms with Crippen LogP contribution in [-0.4, -0.2) is 17.3 Å². The van der Waals surface area contributed by atoms with E-state index in [0.717, 1.165) is 16.1 Å². The molecule has 0 spiro atoms. The Morgan fingerprint density at radius 1 is 1.14 bits per heavy atom. The largest absolute Gasteiger partial charge is 0.479 e. The van der Waals surface area contributed by atoms with Gasteiger partial charge in [0.05, 0.1) is 0 Å². The Balaban J connectivity index is 2.38. The molecule has 0 radical (unpaired) electrons. The number of anilines is 1. The van der Waals surface area contributed by atoms with Crippen LogP contribution in [0.15, 0.2) is 59.5 Å². The van der Waals surface area contributed by atoms with Crippen LogP contribution < -0.4 is 5.32 Å². The molecule has 1 atom stereocenters. The SMILES string of the molecule is CCC(Nc1ccc(SC)cc1)(C(=O)O)c1ccccc1. The van der Waals surface area contributed by atoms with E-state index in [1.165, 1.54) is 0 Å². The van der Waals surface area contributed by atoms with Gasteiger partial charge in [0.25, 0.3) is 0 Å². The number of carboxylic acid groups (broad SMARTS) is 1. The van der Waals surface area contributed by atoms with Gasteiger partial charge in [-0.25, -0.2) is 4.79 Å². The second kappa shape index (κ2) is 6.68. The second-order valence-electron chi connectivity index (χ2n) is 4.78. The van der Waals surface area contributed by atoms with E-state index < -0.39 is 11.5 Å². The number of hydrogen-bond acceptors (Lipinski definition) is 3. The standard InChI is InChI=1S/C17H19NO2S/c1-3-17(16(19)20,13-7-5-4-6-8-13)18-14-9-11-15(21-2)12-10-14/h4-12,18H,3H2,1-2H3,(H,19,20). The predicted molar refractivity (Wildman–Crippen MR) is 87.9 cm³/mol. The second-order valence-corrected chi connectivity index (χ2v) is 5.66. The highest BCUT2D eigenvalue weighted by Gasteiger charge is 2.38. The zero-order valence-corrected chi connectivity index (χ0v) is 13.0. The number of carboxylic acids is 1. The third kappa shape index (κ3) is 3.22. The first-order valence-corrected chi connectivity index (χ1v) is 8.06. The van der Waals surface area contributed by atoms with E-state index in [-0.39, 0.29) is 0 Å². The molecular weight excluding hydrogens is 282 g/mol. The number of rotatable bonds is 6. The van der Waals surface area contributed by atoms with Gasteiger partial charge in [-0.1, -0.05) is 37.3 Å². The topological polar surface area (TPSA) is 49.3 Å². The molecule has 3 nitrogen and oxygen atoms in total. The van der Waals surface area contributed by atoms with Crippen molar-refractivity contribution in [1.82, 2.24) is 0 Å². The van der Waals surface area contributed by atoms with Crippen LogP contribution in [0, 0.1) is 0 Å². The van der Waals surface area contributed by atoms with Crippen molar-refractivity contribution in [2.45, 2.75) is 23.8 Å². The van der Waals surface area contributed by atoms with Crippen LogP contribution in [0.2, 0.25) is 0 Å². The van der Waals surface area contributed by atoms with Gasteiger partial charge in [-0.05, 0) is 42.5 Å². The summed E-state index contributed by atoms with van der Waals surface area (Å²) in [7, 11) is 0. The van der Waals surface area contributed by atoms with Gasteiger partial charge in [0, 0.05) is 10.6 Å². The van der Waals surface area contributed by atoms with Gasteiger partial charge in [-0.15, -0.1) is 11.8 Å². The molecule has 2 aromatic rings. The molecule has 2 aromatic carbocycles. The number of hydrogen-bond donors (Lipinski definition) is 2. The molecule has 0 saturated heterocycles. The molecule has 1 unspecified atom stereocenters. The van der Waals surface area contributed by atoms with Crippen molar-refractivity contribution in [1.29, 1.82) is 0 Å². The fraction of sp³-hybridized carbons (Fsp3) is 0.235. The first kappa shape index (κ1) is 15.4. The van der Waals surface area contributed by atoms with Crippen LogP contribution in [0.25, 0.3) is 0 Å². The Kier molecular flexibility index (Phi) is 4.91. The summed E-state index contributed by atoms with van der Waals surface area (Å²) in [4.78, 5) is 13.1. The molecule has 21 heavy (non-hydrogen) atoms. The Morgan fingerprint density at radius 3 is 2.24 bits per heavy atom. The van der Waals surface area contributed by atoms with Crippen LogP contribution in [0.1, 0.15) is 18.9 Å². The van der Waals surface area contributed by atoms with Crippen molar-refractivity contribution in [3.8, 4) is 0 Å². The summed E-state index contributed by atoms with van der Waals surface area (Å²) in [5.41, 5.74) is 0.456. The highest BCUT2D eigenvalue weighted by atomic mass is 32.2. The Labute approximate surface area is 129 Å². The van der Waals surface area contributed by atoms with Crippen LogP contribution >= 0.6 is 11.8 Å². The van der Waals surface area contributed by atoms with Crippen molar-refractivity contribution in [3.63, 3.8) is 0 Å².